The summed E-state index contributed by atoms with van der Waals surface area (Å²) >= 11 is 0. The first kappa shape index (κ1) is 18.6. The van der Waals surface area contributed by atoms with Gasteiger partial charge >= 0.3 is 5.63 Å². The Morgan fingerprint density at radius 2 is 1.93 bits per heavy atom. The molecule has 0 aromatic carbocycles. The van der Waals surface area contributed by atoms with Crippen molar-refractivity contribution in [1.82, 2.24) is 0 Å². The molecule has 7 atom stereocenters. The second-order valence-corrected chi connectivity index (χ2v) is 10.3. The Bertz CT molecular complexity index is 849. The van der Waals surface area contributed by atoms with Crippen molar-refractivity contribution in [3.63, 3.8) is 0 Å². The van der Waals surface area contributed by atoms with Gasteiger partial charge in [0.05, 0.1) is 18.5 Å². The first-order chi connectivity index (χ1) is 13.3. The molecular formula is C24H32O4. The monoisotopic (exact) mass is 384 g/mol. The summed E-state index contributed by atoms with van der Waals surface area (Å²) < 4.78 is 5.14. The summed E-state index contributed by atoms with van der Waals surface area (Å²) in [6.07, 6.45) is 9.29. The van der Waals surface area contributed by atoms with Crippen LogP contribution in [0.3, 0.4) is 0 Å². The minimum atomic E-state index is -0.419. The van der Waals surface area contributed by atoms with Crippen LogP contribution in [0.2, 0.25) is 0 Å². The predicted molar refractivity (Wildman–Crippen MR) is 107 cm³/mol. The maximum Gasteiger partial charge on any atom is 0.335 e. The zero-order valence-corrected chi connectivity index (χ0v) is 17.0. The fourth-order valence-corrected chi connectivity index (χ4v) is 7.63. The lowest BCUT2D eigenvalue weighted by molar-refractivity contribution is -0.0365. The van der Waals surface area contributed by atoms with Gasteiger partial charge in [0, 0.05) is 12.0 Å². The molecule has 0 saturated heterocycles. The van der Waals surface area contributed by atoms with Crippen LogP contribution in [0.4, 0.5) is 0 Å². The smallest absolute Gasteiger partial charge is 0.335 e. The normalized spacial score (nSPS) is 45.4. The lowest BCUT2D eigenvalue weighted by Gasteiger charge is -2.56. The van der Waals surface area contributed by atoms with Gasteiger partial charge in [-0.3, -0.25) is 0 Å². The van der Waals surface area contributed by atoms with E-state index in [-0.39, 0.29) is 23.1 Å². The number of aliphatic hydroxyl groups excluding tert-OH is 2. The highest BCUT2D eigenvalue weighted by molar-refractivity contribution is 5.40. The van der Waals surface area contributed by atoms with E-state index in [4.69, 9.17) is 4.42 Å². The summed E-state index contributed by atoms with van der Waals surface area (Å²) in [5.74, 6) is 1.22. The van der Waals surface area contributed by atoms with Crippen molar-refractivity contribution in [2.24, 2.45) is 22.7 Å². The Morgan fingerprint density at radius 3 is 2.68 bits per heavy atom. The van der Waals surface area contributed by atoms with Crippen molar-refractivity contribution in [2.75, 3.05) is 0 Å². The molecule has 7 unspecified atom stereocenters. The molecule has 0 aliphatic heterocycles. The molecule has 5 rings (SSSR count). The van der Waals surface area contributed by atoms with Crippen LogP contribution < -0.4 is 5.63 Å². The highest BCUT2D eigenvalue weighted by Gasteiger charge is 2.57. The van der Waals surface area contributed by atoms with Gasteiger partial charge in [0.2, 0.25) is 0 Å². The van der Waals surface area contributed by atoms with E-state index in [0.717, 1.165) is 44.1 Å². The van der Waals surface area contributed by atoms with Gasteiger partial charge in [0.1, 0.15) is 0 Å². The van der Waals surface area contributed by atoms with Crippen LogP contribution in [0.5, 0.6) is 0 Å². The molecule has 4 nitrogen and oxygen atoms in total. The lowest BCUT2D eigenvalue weighted by atomic mass is 9.49. The van der Waals surface area contributed by atoms with E-state index in [1.165, 1.54) is 24.5 Å². The zero-order chi connectivity index (χ0) is 19.7. The van der Waals surface area contributed by atoms with Crippen molar-refractivity contribution >= 4 is 0 Å². The van der Waals surface area contributed by atoms with Crippen LogP contribution in [0, 0.1) is 22.7 Å². The number of allylic oxidation sites excluding steroid dienone is 1. The SMILES string of the molecule is CC12CCC3C(=C1CC(O)C2c1ccc(=O)oc1)CCC1CC(O)CCC13C. The van der Waals surface area contributed by atoms with Gasteiger partial charge < -0.3 is 14.6 Å². The molecule has 3 fully saturated rings. The molecular weight excluding hydrogens is 352 g/mol. The third-order valence-corrected chi connectivity index (χ3v) is 9.08. The first-order valence-corrected chi connectivity index (χ1v) is 11.0. The van der Waals surface area contributed by atoms with Gasteiger partial charge in [-0.2, -0.15) is 0 Å². The third kappa shape index (κ3) is 2.53. The van der Waals surface area contributed by atoms with Crippen molar-refractivity contribution < 1.29 is 14.6 Å². The number of rotatable bonds is 1. The summed E-state index contributed by atoms with van der Waals surface area (Å²) in [5.41, 5.74) is 3.95. The maximum atomic E-state index is 11.4. The van der Waals surface area contributed by atoms with E-state index in [0.29, 0.717) is 17.3 Å². The molecule has 4 heteroatoms. The van der Waals surface area contributed by atoms with Gasteiger partial charge in [-0.25, -0.2) is 4.79 Å². The average molecular weight is 385 g/mol. The molecule has 1 aromatic rings. The van der Waals surface area contributed by atoms with Crippen LogP contribution >= 0.6 is 0 Å². The second kappa shape index (κ2) is 6.30. The van der Waals surface area contributed by atoms with Gasteiger partial charge in [-0.1, -0.05) is 25.0 Å². The molecule has 0 bridgehead atoms. The largest absolute Gasteiger partial charge is 0.431 e. The first-order valence-electron chi connectivity index (χ1n) is 11.0. The van der Waals surface area contributed by atoms with Crippen LogP contribution in [-0.4, -0.2) is 22.4 Å². The highest BCUT2D eigenvalue weighted by atomic mass is 16.4. The molecule has 0 amide bonds. The van der Waals surface area contributed by atoms with Crippen LogP contribution in [0.25, 0.3) is 0 Å². The van der Waals surface area contributed by atoms with Crippen LogP contribution in [-0.2, 0) is 0 Å². The molecule has 152 valence electrons. The second-order valence-electron chi connectivity index (χ2n) is 10.3. The Morgan fingerprint density at radius 1 is 1.11 bits per heavy atom. The van der Waals surface area contributed by atoms with Crippen molar-refractivity contribution in [3.05, 3.63) is 45.5 Å². The predicted octanol–water partition coefficient (Wildman–Crippen LogP) is 4.16. The number of hydrogen-bond acceptors (Lipinski definition) is 4. The number of aliphatic hydroxyl groups is 2. The van der Waals surface area contributed by atoms with Gasteiger partial charge in [-0.05, 0) is 85.7 Å². The number of fused-ring (bicyclic) bond motifs is 4. The van der Waals surface area contributed by atoms with E-state index in [2.05, 4.69) is 13.8 Å². The molecule has 28 heavy (non-hydrogen) atoms. The summed E-state index contributed by atoms with van der Waals surface area (Å²) in [4.78, 5) is 11.4. The fraction of sp³-hybridized carbons (Fsp3) is 0.708. The minimum Gasteiger partial charge on any atom is -0.431 e. The van der Waals surface area contributed by atoms with Gasteiger partial charge in [0.15, 0.2) is 0 Å². The van der Waals surface area contributed by atoms with Crippen LogP contribution in [0.15, 0.2) is 38.8 Å². The van der Waals surface area contributed by atoms with Gasteiger partial charge in [0.25, 0.3) is 0 Å². The van der Waals surface area contributed by atoms with E-state index in [9.17, 15) is 15.0 Å². The lowest BCUT2D eigenvalue weighted by Crippen LogP contribution is -2.48. The molecule has 1 heterocycles. The molecule has 4 aliphatic rings. The van der Waals surface area contributed by atoms with E-state index in [1.807, 2.05) is 6.07 Å². The highest BCUT2D eigenvalue weighted by Crippen LogP contribution is 2.66. The van der Waals surface area contributed by atoms with Gasteiger partial charge in [-0.15, -0.1) is 0 Å². The standard InChI is InChI=1S/C24H32O4/c1-23-9-7-16(25)11-15(23)4-5-17-18(23)8-10-24(2)19(17)12-20(26)22(24)14-3-6-21(27)28-13-14/h3,6,13,15-16,18,20,22,25-26H,4-5,7-12H2,1-2H3. The molecule has 0 spiro atoms. The zero-order valence-electron chi connectivity index (χ0n) is 17.0. The molecule has 0 radical (unpaired) electrons. The molecule has 4 aliphatic carbocycles. The van der Waals surface area contributed by atoms with Crippen LogP contribution in [0.1, 0.15) is 76.7 Å². The Labute approximate surface area is 166 Å². The van der Waals surface area contributed by atoms with Crippen molar-refractivity contribution in [3.8, 4) is 0 Å². The van der Waals surface area contributed by atoms with Crippen molar-refractivity contribution in [2.45, 2.75) is 83.3 Å². The number of hydrogen-bond donors (Lipinski definition) is 2. The molecule has 2 N–H and O–H groups in total. The van der Waals surface area contributed by atoms with E-state index in [1.54, 1.807) is 11.8 Å². The molecule has 3 saturated carbocycles. The maximum absolute atomic E-state index is 11.4. The van der Waals surface area contributed by atoms with E-state index >= 15 is 0 Å². The Balaban J connectivity index is 1.55. The van der Waals surface area contributed by atoms with Crippen molar-refractivity contribution in [1.29, 1.82) is 0 Å². The van der Waals surface area contributed by atoms with E-state index < -0.39 is 6.10 Å². The summed E-state index contributed by atoms with van der Waals surface area (Å²) in [7, 11) is 0. The Hall–Kier alpha value is -1.39. The quantitative estimate of drug-likeness (QED) is 0.713. The summed E-state index contributed by atoms with van der Waals surface area (Å²) in [6.45, 7) is 4.78. The average Bonchev–Trinajstić information content (AvgIpc) is 2.93. The molecule has 1 aromatic heterocycles. The third-order valence-electron chi connectivity index (χ3n) is 9.08. The fourth-order valence-electron chi connectivity index (χ4n) is 7.63. The summed E-state index contributed by atoms with van der Waals surface area (Å²) in [6, 6.07) is 3.31. The Kier molecular flexibility index (Phi) is 4.19. The topological polar surface area (TPSA) is 70.7 Å². The minimum absolute atomic E-state index is 0.000919. The summed E-state index contributed by atoms with van der Waals surface area (Å²) in [5, 5.41) is 21.2.